The van der Waals surface area contributed by atoms with E-state index < -0.39 is 12.1 Å². The van der Waals surface area contributed by atoms with E-state index in [1.165, 1.54) is 0 Å². The van der Waals surface area contributed by atoms with Crippen molar-refractivity contribution in [2.45, 2.75) is 12.5 Å². The third-order valence-corrected chi connectivity index (χ3v) is 6.55. The summed E-state index contributed by atoms with van der Waals surface area (Å²) in [4.78, 5) is 10.5. The van der Waals surface area contributed by atoms with Crippen LogP contribution in [0.25, 0.3) is 0 Å². The highest BCUT2D eigenvalue weighted by Crippen LogP contribution is 2.41. The number of aliphatic hydroxyl groups excluding tert-OH is 1. The Morgan fingerprint density at radius 3 is 2.25 bits per heavy atom. The van der Waals surface area contributed by atoms with Crippen molar-refractivity contribution < 1.29 is 15.0 Å². The minimum Gasteiger partial charge on any atom is -0.481 e. The van der Waals surface area contributed by atoms with E-state index in [4.69, 9.17) is 5.11 Å². The Hall–Kier alpha value is 0.570. The molecule has 0 heterocycles. The lowest BCUT2D eigenvalue weighted by atomic mass is 10.1. The van der Waals surface area contributed by atoms with Gasteiger partial charge in [0.1, 0.15) is 0 Å². The summed E-state index contributed by atoms with van der Waals surface area (Å²) in [5.74, 6) is -1.05. The summed E-state index contributed by atoms with van der Waals surface area (Å²) in [6.07, 6.45) is -1.38. The molecule has 2 N–H and O–H groups in total. The maximum Gasteiger partial charge on any atom is 0.306 e. The van der Waals surface area contributed by atoms with E-state index in [-0.39, 0.29) is 6.42 Å². The van der Waals surface area contributed by atoms with Crippen molar-refractivity contribution in [3.63, 3.8) is 0 Å². The first kappa shape index (κ1) is 14.6. The minimum atomic E-state index is -1.05. The maximum atomic E-state index is 10.5. The van der Waals surface area contributed by atoms with Crippen LogP contribution in [-0.2, 0) is 4.79 Å². The molecule has 16 heavy (non-hydrogen) atoms. The van der Waals surface area contributed by atoms with Gasteiger partial charge in [0.05, 0.1) is 12.5 Å². The Bertz CT molecular complexity index is 433. The number of benzene rings is 1. The van der Waals surface area contributed by atoms with Gasteiger partial charge >= 0.3 is 5.97 Å². The molecule has 1 rings (SSSR count). The Kier molecular flexibility index (Phi) is 5.44. The standard InChI is InChI=1S/C9H6Br4O3/c10-4-1-3(5(14)2-6(15)16)7(11)9(13)8(4)12/h1,5,14H,2H2,(H,15,16)/t5-/m1/s1. The molecular weight excluding hydrogens is 476 g/mol. The molecule has 0 spiro atoms. The first-order valence-electron chi connectivity index (χ1n) is 4.07. The van der Waals surface area contributed by atoms with Gasteiger partial charge in [-0.1, -0.05) is 0 Å². The van der Waals surface area contributed by atoms with Gasteiger partial charge in [0.15, 0.2) is 0 Å². The lowest BCUT2D eigenvalue weighted by Gasteiger charge is -2.14. The quantitative estimate of drug-likeness (QED) is 0.501. The average Bonchev–Trinajstić information content (AvgIpc) is 2.19. The normalized spacial score (nSPS) is 12.6. The highest BCUT2D eigenvalue weighted by atomic mass is 79.9. The number of carboxylic acids is 1. The smallest absolute Gasteiger partial charge is 0.306 e. The van der Waals surface area contributed by atoms with Gasteiger partial charge in [-0.2, -0.15) is 0 Å². The van der Waals surface area contributed by atoms with Crippen LogP contribution < -0.4 is 0 Å². The van der Waals surface area contributed by atoms with E-state index in [2.05, 4.69) is 63.7 Å². The van der Waals surface area contributed by atoms with Crippen LogP contribution in [-0.4, -0.2) is 16.2 Å². The summed E-state index contributed by atoms with van der Waals surface area (Å²) in [6, 6.07) is 1.67. The number of hydrogen-bond donors (Lipinski definition) is 2. The van der Waals surface area contributed by atoms with Gasteiger partial charge in [-0.3, -0.25) is 4.79 Å². The molecule has 0 fully saturated rings. The zero-order valence-corrected chi connectivity index (χ0v) is 14.0. The second-order valence-electron chi connectivity index (χ2n) is 3.00. The van der Waals surface area contributed by atoms with Crippen molar-refractivity contribution in [1.29, 1.82) is 0 Å². The SMILES string of the molecule is O=C(O)C[C@@H](O)c1cc(Br)c(Br)c(Br)c1Br. The molecule has 3 nitrogen and oxygen atoms in total. The molecule has 0 amide bonds. The molecule has 0 aromatic heterocycles. The monoisotopic (exact) mass is 478 g/mol. The molecule has 0 aliphatic rings. The molecule has 0 radical (unpaired) electrons. The maximum absolute atomic E-state index is 10.5. The predicted molar refractivity (Wildman–Crippen MR) is 74.5 cm³/mol. The fourth-order valence-electron chi connectivity index (χ4n) is 1.11. The molecule has 0 saturated carbocycles. The van der Waals surface area contributed by atoms with E-state index in [9.17, 15) is 9.90 Å². The predicted octanol–water partition coefficient (Wildman–Crippen LogP) is 4.24. The lowest BCUT2D eigenvalue weighted by molar-refractivity contribution is -0.139. The largest absolute Gasteiger partial charge is 0.481 e. The molecule has 7 heteroatoms. The van der Waals surface area contributed by atoms with Gasteiger partial charge in [-0.25, -0.2) is 0 Å². The molecule has 0 saturated heterocycles. The number of carboxylic acid groups (broad SMARTS) is 1. The molecule has 1 atom stereocenters. The second kappa shape index (κ2) is 5.95. The third kappa shape index (κ3) is 3.29. The number of carbonyl (C=O) groups is 1. The lowest BCUT2D eigenvalue weighted by Crippen LogP contribution is -2.06. The summed E-state index contributed by atoms with van der Waals surface area (Å²) in [6.45, 7) is 0. The average molecular weight is 482 g/mol. The Morgan fingerprint density at radius 1 is 1.19 bits per heavy atom. The number of aliphatic hydroxyl groups is 1. The van der Waals surface area contributed by atoms with Crippen LogP contribution in [0.1, 0.15) is 18.1 Å². The Labute approximate surface area is 126 Å². The van der Waals surface area contributed by atoms with Gasteiger partial charge in [0.25, 0.3) is 0 Å². The van der Waals surface area contributed by atoms with Crippen LogP contribution in [0.15, 0.2) is 24.0 Å². The summed E-state index contributed by atoms with van der Waals surface area (Å²) >= 11 is 13.3. The summed E-state index contributed by atoms with van der Waals surface area (Å²) in [5, 5.41) is 18.4. The van der Waals surface area contributed by atoms with E-state index in [1.54, 1.807) is 6.07 Å². The topological polar surface area (TPSA) is 57.5 Å². The summed E-state index contributed by atoms with van der Waals surface area (Å²) in [5.41, 5.74) is 0.518. The first-order chi connectivity index (χ1) is 7.34. The van der Waals surface area contributed by atoms with Crippen LogP contribution in [0.3, 0.4) is 0 Å². The molecule has 0 unspecified atom stereocenters. The molecular formula is C9H6Br4O3. The van der Waals surface area contributed by atoms with Gasteiger partial charge in [-0.05, 0) is 75.3 Å². The van der Waals surface area contributed by atoms with Crippen molar-refractivity contribution in [3.05, 3.63) is 29.5 Å². The molecule has 88 valence electrons. The van der Waals surface area contributed by atoms with E-state index >= 15 is 0 Å². The number of hydrogen-bond acceptors (Lipinski definition) is 2. The second-order valence-corrected chi connectivity index (χ2v) is 6.24. The Balaban J connectivity index is 3.19. The van der Waals surface area contributed by atoms with Crippen molar-refractivity contribution in [2.75, 3.05) is 0 Å². The van der Waals surface area contributed by atoms with E-state index in [1.807, 2.05) is 0 Å². The minimum absolute atomic E-state index is 0.334. The number of aliphatic carboxylic acids is 1. The van der Waals surface area contributed by atoms with Gasteiger partial charge < -0.3 is 10.2 Å². The van der Waals surface area contributed by atoms with Crippen molar-refractivity contribution in [3.8, 4) is 0 Å². The fraction of sp³-hybridized carbons (Fsp3) is 0.222. The highest BCUT2D eigenvalue weighted by molar-refractivity contribution is 9.15. The zero-order valence-electron chi connectivity index (χ0n) is 7.68. The van der Waals surface area contributed by atoms with Crippen LogP contribution in [0.5, 0.6) is 0 Å². The first-order valence-corrected chi connectivity index (χ1v) is 7.24. The van der Waals surface area contributed by atoms with Gasteiger partial charge in [-0.15, -0.1) is 0 Å². The van der Waals surface area contributed by atoms with Gasteiger partial charge in [0, 0.05) is 17.9 Å². The molecule has 0 aliphatic carbocycles. The fourth-order valence-corrected chi connectivity index (χ4v) is 3.42. The summed E-state index contributed by atoms with van der Waals surface area (Å²) < 4.78 is 2.89. The molecule has 1 aromatic carbocycles. The Morgan fingerprint density at radius 2 is 1.75 bits per heavy atom. The molecule has 1 aromatic rings. The molecule has 0 bridgehead atoms. The third-order valence-electron chi connectivity index (χ3n) is 1.86. The highest BCUT2D eigenvalue weighted by Gasteiger charge is 2.19. The van der Waals surface area contributed by atoms with Crippen molar-refractivity contribution in [1.82, 2.24) is 0 Å². The van der Waals surface area contributed by atoms with Crippen molar-refractivity contribution >= 4 is 69.7 Å². The van der Waals surface area contributed by atoms with E-state index in [0.29, 0.717) is 10.0 Å². The van der Waals surface area contributed by atoms with Crippen LogP contribution in [0.4, 0.5) is 0 Å². The molecule has 0 aliphatic heterocycles. The zero-order chi connectivity index (χ0) is 12.5. The van der Waals surface area contributed by atoms with Gasteiger partial charge in [0.2, 0.25) is 0 Å². The van der Waals surface area contributed by atoms with E-state index in [0.717, 1.165) is 13.4 Å². The number of rotatable bonds is 3. The van der Waals surface area contributed by atoms with Crippen molar-refractivity contribution in [2.24, 2.45) is 0 Å². The van der Waals surface area contributed by atoms with Crippen LogP contribution >= 0.6 is 63.7 Å². The number of halogens is 4. The van der Waals surface area contributed by atoms with Crippen LogP contribution in [0.2, 0.25) is 0 Å². The van der Waals surface area contributed by atoms with Crippen LogP contribution in [0, 0.1) is 0 Å². The summed E-state index contributed by atoms with van der Waals surface area (Å²) in [7, 11) is 0.